The molecular weight excluding hydrogens is 456 g/mol. The number of nitrogens with zero attached hydrogens (tertiary/aromatic N) is 5. The van der Waals surface area contributed by atoms with E-state index < -0.39 is 0 Å². The molecule has 0 radical (unpaired) electrons. The Hall–Kier alpha value is -3.65. The lowest BCUT2D eigenvalue weighted by atomic mass is 10.1. The summed E-state index contributed by atoms with van der Waals surface area (Å²) in [6.45, 7) is 4.70. The number of aromatic nitrogens is 5. The van der Waals surface area contributed by atoms with Gasteiger partial charge in [0.1, 0.15) is 5.69 Å². The highest BCUT2D eigenvalue weighted by atomic mass is 32.1. The van der Waals surface area contributed by atoms with Crippen molar-refractivity contribution in [3.63, 3.8) is 0 Å². The van der Waals surface area contributed by atoms with Crippen LogP contribution in [0.1, 0.15) is 49.8 Å². The Bertz CT molecular complexity index is 1550. The van der Waals surface area contributed by atoms with E-state index in [2.05, 4.69) is 38.6 Å². The average Bonchev–Trinajstić information content (AvgIpc) is 3.35. The van der Waals surface area contributed by atoms with Crippen molar-refractivity contribution < 1.29 is 4.79 Å². The molecule has 4 aromatic heterocycles. The molecule has 6 rings (SSSR count). The fraction of sp³-hybridized carbons (Fsp3) is 0.296. The summed E-state index contributed by atoms with van der Waals surface area (Å²) >= 11 is 1.73. The van der Waals surface area contributed by atoms with Gasteiger partial charge in [-0.1, -0.05) is 24.3 Å². The highest BCUT2D eigenvalue weighted by molar-refractivity contribution is 7.11. The number of rotatable bonds is 7. The van der Waals surface area contributed by atoms with Crippen LogP contribution in [-0.2, 0) is 12.8 Å². The molecule has 2 atom stereocenters. The molecule has 0 saturated heterocycles. The molecule has 35 heavy (non-hydrogen) atoms. The largest absolute Gasteiger partial charge is 0.350 e. The number of pyridine rings is 1. The minimum atomic E-state index is -0.142. The van der Waals surface area contributed by atoms with Crippen LogP contribution in [0.3, 0.4) is 0 Å². The van der Waals surface area contributed by atoms with Crippen molar-refractivity contribution in [3.05, 3.63) is 87.4 Å². The lowest BCUT2D eigenvalue weighted by molar-refractivity contribution is 0.0946. The molecular formula is C27H26N6OS. The summed E-state index contributed by atoms with van der Waals surface area (Å²) < 4.78 is 1.82. The molecule has 0 spiro atoms. The Labute approximate surface area is 207 Å². The van der Waals surface area contributed by atoms with Gasteiger partial charge < -0.3 is 5.32 Å². The van der Waals surface area contributed by atoms with Crippen molar-refractivity contribution >= 4 is 33.8 Å². The molecule has 5 aromatic rings. The average molecular weight is 483 g/mol. The van der Waals surface area contributed by atoms with E-state index in [0.717, 1.165) is 52.3 Å². The third-order valence-corrected chi connectivity index (χ3v) is 7.85. The van der Waals surface area contributed by atoms with Crippen LogP contribution in [0.5, 0.6) is 0 Å². The van der Waals surface area contributed by atoms with E-state index in [9.17, 15) is 4.79 Å². The molecule has 1 N–H and O–H groups in total. The van der Waals surface area contributed by atoms with Crippen LogP contribution in [0.2, 0.25) is 0 Å². The van der Waals surface area contributed by atoms with Gasteiger partial charge in [0.25, 0.3) is 5.91 Å². The summed E-state index contributed by atoms with van der Waals surface area (Å²) in [5.41, 5.74) is 5.31. The highest BCUT2D eigenvalue weighted by Crippen LogP contribution is 2.46. The molecule has 7 nitrogen and oxygen atoms in total. The molecule has 0 bridgehead atoms. The number of nitrogens with one attached hydrogen (secondary N) is 1. The third kappa shape index (κ3) is 4.41. The van der Waals surface area contributed by atoms with Gasteiger partial charge in [-0.2, -0.15) is 5.10 Å². The minimum absolute atomic E-state index is 0.142. The van der Waals surface area contributed by atoms with E-state index in [1.165, 1.54) is 4.88 Å². The number of fused-ring (bicyclic) bond motifs is 2. The Morgan fingerprint density at radius 2 is 1.97 bits per heavy atom. The number of hydrogen-bond donors (Lipinski definition) is 1. The summed E-state index contributed by atoms with van der Waals surface area (Å²) in [7, 11) is 0. The van der Waals surface area contributed by atoms with Crippen LogP contribution in [0.15, 0.2) is 54.7 Å². The van der Waals surface area contributed by atoms with Gasteiger partial charge in [0.2, 0.25) is 0 Å². The molecule has 1 fully saturated rings. The van der Waals surface area contributed by atoms with Crippen LogP contribution in [-0.4, -0.2) is 37.0 Å². The zero-order valence-corrected chi connectivity index (χ0v) is 20.5. The fourth-order valence-electron chi connectivity index (χ4n) is 4.76. The van der Waals surface area contributed by atoms with Crippen molar-refractivity contribution in [3.8, 4) is 0 Å². The van der Waals surface area contributed by atoms with Crippen LogP contribution >= 0.6 is 11.3 Å². The molecule has 176 valence electrons. The number of carbonyl (C=O) groups is 1. The Morgan fingerprint density at radius 1 is 1.09 bits per heavy atom. The fourth-order valence-corrected chi connectivity index (χ4v) is 5.69. The quantitative estimate of drug-likeness (QED) is 0.364. The molecule has 8 heteroatoms. The van der Waals surface area contributed by atoms with Gasteiger partial charge >= 0.3 is 0 Å². The maximum absolute atomic E-state index is 13.0. The van der Waals surface area contributed by atoms with Crippen LogP contribution in [0, 0.1) is 19.8 Å². The van der Waals surface area contributed by atoms with Gasteiger partial charge in [-0.05, 0) is 57.2 Å². The van der Waals surface area contributed by atoms with Gasteiger partial charge in [0.05, 0.1) is 22.4 Å². The molecule has 1 aliphatic rings. The number of aryl methyl sites for hydroxylation is 4. The van der Waals surface area contributed by atoms with Gasteiger partial charge in [-0.3, -0.25) is 9.78 Å². The molecule has 0 aliphatic heterocycles. The smallest absolute Gasteiger partial charge is 0.270 e. The predicted molar refractivity (Wildman–Crippen MR) is 137 cm³/mol. The first-order valence-electron chi connectivity index (χ1n) is 12.0. The van der Waals surface area contributed by atoms with Gasteiger partial charge in [0.15, 0.2) is 5.65 Å². The van der Waals surface area contributed by atoms with Crippen molar-refractivity contribution in [1.29, 1.82) is 0 Å². The van der Waals surface area contributed by atoms with Crippen molar-refractivity contribution in [2.75, 3.05) is 6.54 Å². The van der Waals surface area contributed by atoms with Gasteiger partial charge in [0, 0.05) is 40.2 Å². The van der Waals surface area contributed by atoms with Crippen LogP contribution in [0.4, 0.5) is 0 Å². The zero-order chi connectivity index (χ0) is 23.9. The summed E-state index contributed by atoms with van der Waals surface area (Å²) in [5, 5.41) is 9.74. The van der Waals surface area contributed by atoms with E-state index in [1.54, 1.807) is 17.5 Å². The first kappa shape index (κ1) is 21.9. The maximum Gasteiger partial charge on any atom is 0.270 e. The number of thiazole rings is 1. The maximum atomic E-state index is 13.0. The van der Waals surface area contributed by atoms with Crippen molar-refractivity contribution in [2.24, 2.45) is 5.92 Å². The van der Waals surface area contributed by atoms with E-state index in [1.807, 2.05) is 48.7 Å². The lowest BCUT2D eigenvalue weighted by Crippen LogP contribution is -2.27. The molecule has 1 aromatic carbocycles. The van der Waals surface area contributed by atoms with Crippen LogP contribution < -0.4 is 5.32 Å². The predicted octanol–water partition coefficient (Wildman–Crippen LogP) is 4.67. The standard InChI is InChI=1S/C27H26N6OS/c1-16-25(35-17(2)30-16)10-8-20-14-24(32-26-11-12-29-33(20)26)27(34)28-15-19-13-21(19)23-9-7-18-5-3-4-6-22(18)31-23/h3-7,9,11-12,14,19,21H,8,10,13,15H2,1-2H3,(H,28,34)/t19-,21+/m1/s1. The topological polar surface area (TPSA) is 85.1 Å². The van der Waals surface area contributed by atoms with Crippen molar-refractivity contribution in [1.82, 2.24) is 29.9 Å². The van der Waals surface area contributed by atoms with E-state index in [0.29, 0.717) is 29.7 Å². The normalized spacial score (nSPS) is 17.2. The van der Waals surface area contributed by atoms with Gasteiger partial charge in [-0.25, -0.2) is 14.5 Å². The summed E-state index contributed by atoms with van der Waals surface area (Å²) in [4.78, 5) is 28.2. The van der Waals surface area contributed by atoms with E-state index in [4.69, 9.17) is 4.98 Å². The zero-order valence-electron chi connectivity index (χ0n) is 19.7. The number of carbonyl (C=O) groups excluding carboxylic acids is 1. The summed E-state index contributed by atoms with van der Waals surface area (Å²) in [6.07, 6.45) is 4.39. The molecule has 1 aliphatic carbocycles. The SMILES string of the molecule is Cc1nc(C)c(CCc2cc(C(=O)NC[C@H]3C[C@@H]3c3ccc4ccccc4n3)nc3ccnn23)s1. The number of para-hydroxylation sites is 1. The summed E-state index contributed by atoms with van der Waals surface area (Å²) in [6, 6.07) is 16.1. The van der Waals surface area contributed by atoms with E-state index in [-0.39, 0.29) is 5.91 Å². The first-order chi connectivity index (χ1) is 17.0. The van der Waals surface area contributed by atoms with Gasteiger partial charge in [-0.15, -0.1) is 11.3 Å². The van der Waals surface area contributed by atoms with Crippen molar-refractivity contribution in [2.45, 2.75) is 39.0 Å². The highest BCUT2D eigenvalue weighted by Gasteiger charge is 2.39. The Balaban J connectivity index is 1.13. The lowest BCUT2D eigenvalue weighted by Gasteiger charge is -2.09. The number of hydrogen-bond acceptors (Lipinski definition) is 6. The van der Waals surface area contributed by atoms with E-state index >= 15 is 0 Å². The Kier molecular flexibility index (Phi) is 5.53. The second kappa shape index (κ2) is 8.85. The molecule has 4 heterocycles. The second-order valence-corrected chi connectivity index (χ2v) is 10.5. The Morgan fingerprint density at radius 3 is 2.83 bits per heavy atom. The minimum Gasteiger partial charge on any atom is -0.350 e. The molecule has 0 unspecified atom stereocenters. The monoisotopic (exact) mass is 482 g/mol. The molecule has 1 saturated carbocycles. The first-order valence-corrected chi connectivity index (χ1v) is 12.8. The van der Waals surface area contributed by atoms with Crippen LogP contribution in [0.25, 0.3) is 16.6 Å². The second-order valence-electron chi connectivity index (χ2n) is 9.22. The number of benzene rings is 1. The number of amides is 1. The summed E-state index contributed by atoms with van der Waals surface area (Å²) in [5.74, 6) is 0.659. The third-order valence-electron chi connectivity index (χ3n) is 6.72. The molecule has 1 amide bonds.